The number of nitrogen functional groups attached to an aromatic ring is 1. The molecule has 0 aliphatic carbocycles. The molecule has 1 aliphatic rings. The lowest BCUT2D eigenvalue weighted by molar-refractivity contribution is 0.0497. The number of hydrogen-bond acceptors (Lipinski definition) is 4. The van der Waals surface area contributed by atoms with Crippen LogP contribution in [-0.4, -0.2) is 25.7 Å². The molecule has 6 heteroatoms. The molecule has 1 fully saturated rings. The molecule has 3 rings (SSSR count). The van der Waals surface area contributed by atoms with Gasteiger partial charge in [0.1, 0.15) is 5.75 Å². The van der Waals surface area contributed by atoms with E-state index < -0.39 is 0 Å². The first kappa shape index (κ1) is 19.1. The van der Waals surface area contributed by atoms with Crippen LogP contribution in [0.25, 0.3) is 0 Å². The fraction of sp³-hybridized carbons (Fsp3) is 0.316. The summed E-state index contributed by atoms with van der Waals surface area (Å²) in [5, 5.41) is 2.84. The van der Waals surface area contributed by atoms with Crippen LogP contribution in [0.1, 0.15) is 23.2 Å². The molecule has 1 aliphatic heterocycles. The zero-order valence-electron chi connectivity index (χ0n) is 13.9. The van der Waals surface area contributed by atoms with Crippen LogP contribution in [0.3, 0.4) is 0 Å². The van der Waals surface area contributed by atoms with Gasteiger partial charge in [-0.2, -0.15) is 0 Å². The summed E-state index contributed by atoms with van der Waals surface area (Å²) in [5.41, 5.74) is 7.46. The number of hydrogen-bond donors (Lipinski definition) is 2. The van der Waals surface area contributed by atoms with Crippen molar-refractivity contribution in [3.05, 3.63) is 54.1 Å². The second-order valence-electron chi connectivity index (χ2n) is 5.93. The van der Waals surface area contributed by atoms with Gasteiger partial charge in [0.25, 0.3) is 5.91 Å². The van der Waals surface area contributed by atoms with E-state index in [1.807, 2.05) is 24.3 Å². The number of carbonyl (C=O) groups excluding carboxylic acids is 1. The van der Waals surface area contributed by atoms with Crippen LogP contribution in [-0.2, 0) is 4.74 Å². The molecule has 1 saturated heterocycles. The molecule has 3 N–H and O–H groups in total. The maximum atomic E-state index is 12.2. The molecular weight excluding hydrogens is 340 g/mol. The molecule has 25 heavy (non-hydrogen) atoms. The third kappa shape index (κ3) is 5.37. The highest BCUT2D eigenvalue weighted by Crippen LogP contribution is 2.20. The first-order valence-corrected chi connectivity index (χ1v) is 8.19. The number of para-hydroxylation sites is 1. The Morgan fingerprint density at radius 1 is 1.12 bits per heavy atom. The lowest BCUT2D eigenvalue weighted by atomic mass is 10.0. The normalized spacial score (nSPS) is 14.4. The molecule has 0 bridgehead atoms. The van der Waals surface area contributed by atoms with Crippen LogP contribution < -0.4 is 15.8 Å². The Kier molecular flexibility index (Phi) is 7.10. The third-order valence-corrected chi connectivity index (χ3v) is 4.14. The largest absolute Gasteiger partial charge is 0.493 e. The highest BCUT2D eigenvalue weighted by Gasteiger charge is 2.14. The average Bonchev–Trinajstić information content (AvgIpc) is 2.62. The standard InChI is InChI=1S/C19H22N2O3.ClH/c20-18-4-2-1-3-17(18)19(22)21-15-5-7-16(8-6-15)24-13-14-9-11-23-12-10-14;/h1-8,14H,9-13,20H2,(H,21,22);1H. The molecule has 0 unspecified atom stereocenters. The van der Waals surface area contributed by atoms with E-state index in [9.17, 15) is 4.79 Å². The fourth-order valence-electron chi connectivity index (χ4n) is 2.66. The fourth-order valence-corrected chi connectivity index (χ4v) is 2.66. The summed E-state index contributed by atoms with van der Waals surface area (Å²) in [6.07, 6.45) is 2.10. The van der Waals surface area contributed by atoms with Gasteiger partial charge in [-0.15, -0.1) is 12.4 Å². The Morgan fingerprint density at radius 3 is 2.48 bits per heavy atom. The summed E-state index contributed by atoms with van der Waals surface area (Å²) < 4.78 is 11.2. The van der Waals surface area contributed by atoms with Crippen molar-refractivity contribution >= 4 is 29.7 Å². The molecule has 2 aromatic carbocycles. The number of halogens is 1. The second-order valence-corrected chi connectivity index (χ2v) is 5.93. The Balaban J connectivity index is 0.00000225. The molecule has 5 nitrogen and oxygen atoms in total. The van der Waals surface area contributed by atoms with Crippen LogP contribution >= 0.6 is 12.4 Å². The minimum atomic E-state index is -0.219. The summed E-state index contributed by atoms with van der Waals surface area (Å²) >= 11 is 0. The first-order chi connectivity index (χ1) is 11.7. The number of nitrogens with one attached hydrogen (secondary N) is 1. The molecule has 1 heterocycles. The highest BCUT2D eigenvalue weighted by atomic mass is 35.5. The van der Waals surface area contributed by atoms with Gasteiger partial charge in [0.2, 0.25) is 0 Å². The van der Waals surface area contributed by atoms with E-state index in [0.29, 0.717) is 29.5 Å². The molecule has 0 radical (unpaired) electrons. The Morgan fingerprint density at radius 2 is 1.80 bits per heavy atom. The first-order valence-electron chi connectivity index (χ1n) is 8.19. The van der Waals surface area contributed by atoms with Crippen LogP contribution in [0.4, 0.5) is 11.4 Å². The molecule has 0 aromatic heterocycles. The van der Waals surface area contributed by atoms with Crippen LogP contribution in [0.2, 0.25) is 0 Å². The summed E-state index contributed by atoms with van der Waals surface area (Å²) in [5.74, 6) is 1.14. The van der Waals surface area contributed by atoms with Gasteiger partial charge in [0.15, 0.2) is 0 Å². The molecule has 0 saturated carbocycles. The van der Waals surface area contributed by atoms with Crippen LogP contribution in [0.15, 0.2) is 48.5 Å². The lowest BCUT2D eigenvalue weighted by Crippen LogP contribution is -2.21. The summed E-state index contributed by atoms with van der Waals surface area (Å²) in [6, 6.07) is 14.4. The molecule has 134 valence electrons. The molecule has 0 atom stereocenters. The molecule has 0 spiro atoms. The van der Waals surface area contributed by atoms with Gasteiger partial charge in [-0.05, 0) is 55.2 Å². The van der Waals surface area contributed by atoms with Gasteiger partial charge in [-0.1, -0.05) is 12.1 Å². The number of ether oxygens (including phenoxy) is 2. The highest BCUT2D eigenvalue weighted by molar-refractivity contribution is 6.07. The molecule has 1 amide bonds. The SMILES string of the molecule is Cl.Nc1ccccc1C(=O)Nc1ccc(OCC2CCOCC2)cc1. The van der Waals surface area contributed by atoms with Gasteiger partial charge in [-0.3, -0.25) is 4.79 Å². The van der Waals surface area contributed by atoms with Crippen molar-refractivity contribution in [2.75, 3.05) is 30.9 Å². The van der Waals surface area contributed by atoms with Crippen molar-refractivity contribution in [2.24, 2.45) is 5.92 Å². The second kappa shape index (κ2) is 9.30. The van der Waals surface area contributed by atoms with Crippen molar-refractivity contribution in [3.63, 3.8) is 0 Å². The number of nitrogens with two attached hydrogens (primary N) is 1. The summed E-state index contributed by atoms with van der Waals surface area (Å²) in [7, 11) is 0. The van der Waals surface area contributed by atoms with Gasteiger partial charge in [0, 0.05) is 24.6 Å². The Hall–Kier alpha value is -2.24. The van der Waals surface area contributed by atoms with E-state index in [1.54, 1.807) is 24.3 Å². The minimum absolute atomic E-state index is 0. The quantitative estimate of drug-likeness (QED) is 0.794. The average molecular weight is 363 g/mol. The van der Waals surface area contributed by atoms with E-state index in [0.717, 1.165) is 31.8 Å². The van der Waals surface area contributed by atoms with E-state index in [2.05, 4.69) is 5.32 Å². The van der Waals surface area contributed by atoms with Gasteiger partial charge >= 0.3 is 0 Å². The zero-order valence-corrected chi connectivity index (χ0v) is 14.8. The van der Waals surface area contributed by atoms with E-state index >= 15 is 0 Å². The maximum Gasteiger partial charge on any atom is 0.257 e. The molecule has 2 aromatic rings. The van der Waals surface area contributed by atoms with E-state index in [4.69, 9.17) is 15.2 Å². The Labute approximate surface area is 153 Å². The topological polar surface area (TPSA) is 73.6 Å². The smallest absolute Gasteiger partial charge is 0.257 e. The van der Waals surface area contributed by atoms with Gasteiger partial charge < -0.3 is 20.5 Å². The lowest BCUT2D eigenvalue weighted by Gasteiger charge is -2.22. The summed E-state index contributed by atoms with van der Waals surface area (Å²) in [6.45, 7) is 2.35. The maximum absolute atomic E-state index is 12.2. The predicted molar refractivity (Wildman–Crippen MR) is 102 cm³/mol. The van der Waals surface area contributed by atoms with E-state index in [-0.39, 0.29) is 18.3 Å². The van der Waals surface area contributed by atoms with Gasteiger partial charge in [-0.25, -0.2) is 0 Å². The Bertz CT molecular complexity index is 685. The van der Waals surface area contributed by atoms with Crippen molar-refractivity contribution < 1.29 is 14.3 Å². The van der Waals surface area contributed by atoms with Crippen LogP contribution in [0, 0.1) is 5.92 Å². The third-order valence-electron chi connectivity index (χ3n) is 4.14. The predicted octanol–water partition coefficient (Wildman–Crippen LogP) is 3.75. The van der Waals surface area contributed by atoms with Crippen molar-refractivity contribution in [1.82, 2.24) is 0 Å². The number of amides is 1. The minimum Gasteiger partial charge on any atom is -0.493 e. The van der Waals surface area contributed by atoms with Crippen molar-refractivity contribution in [3.8, 4) is 5.75 Å². The molecular formula is C19H23ClN2O3. The van der Waals surface area contributed by atoms with Gasteiger partial charge in [0.05, 0.1) is 12.2 Å². The monoisotopic (exact) mass is 362 g/mol. The number of rotatable bonds is 5. The van der Waals surface area contributed by atoms with E-state index in [1.165, 1.54) is 0 Å². The number of anilines is 2. The number of benzene rings is 2. The summed E-state index contributed by atoms with van der Waals surface area (Å²) in [4.78, 5) is 12.2. The van der Waals surface area contributed by atoms with Crippen molar-refractivity contribution in [2.45, 2.75) is 12.8 Å². The number of carbonyl (C=O) groups is 1. The zero-order chi connectivity index (χ0) is 16.8. The van der Waals surface area contributed by atoms with Crippen molar-refractivity contribution in [1.29, 1.82) is 0 Å². The van der Waals surface area contributed by atoms with Crippen LogP contribution in [0.5, 0.6) is 5.75 Å².